The molecule has 11 nitrogen and oxygen atoms in total. The van der Waals surface area contributed by atoms with Crippen LogP contribution in [0.5, 0.6) is 5.75 Å². The maximum Gasteiger partial charge on any atom is 0.298 e. The molecule has 3 amide bonds. The van der Waals surface area contributed by atoms with Crippen molar-refractivity contribution in [3.8, 4) is 11.8 Å². The van der Waals surface area contributed by atoms with E-state index in [4.69, 9.17) is 4.74 Å². The first kappa shape index (κ1) is 30.4. The average molecular weight is 626 g/mol. The van der Waals surface area contributed by atoms with Crippen LogP contribution in [0, 0.1) is 11.3 Å². The van der Waals surface area contributed by atoms with Crippen LogP contribution >= 0.6 is 0 Å². The van der Waals surface area contributed by atoms with Crippen molar-refractivity contribution in [1.29, 1.82) is 5.26 Å². The van der Waals surface area contributed by atoms with Gasteiger partial charge in [0.05, 0.1) is 43.2 Å². The molecular formula is C33H29F2N7O4. The van der Waals surface area contributed by atoms with Gasteiger partial charge in [0.1, 0.15) is 11.8 Å². The second kappa shape index (κ2) is 12.1. The number of methoxy groups -OCH3 is 1. The number of amides is 3. The molecule has 2 atom stereocenters. The van der Waals surface area contributed by atoms with E-state index in [1.807, 2.05) is 6.07 Å². The van der Waals surface area contributed by atoms with Gasteiger partial charge in [-0.05, 0) is 37.4 Å². The standard InChI is InChI=1S/C33H29F2N7O4/c1-37-17-29(43)40-18-26-27(19-40)42-30(25(16-38-42)39-31(44)20-8-13-28(46-2)21(14-20)15-36)32(45)41(26)24-11-9-23(10-12-24)33(34,35)22-6-4-3-5-7-22/h3-14,16,26-27,37H,17-19H2,1-2H3,(H,39,44)/t26-,27-/m0/s1. The number of nitriles is 1. The van der Waals surface area contributed by atoms with Gasteiger partial charge in [-0.1, -0.05) is 42.5 Å². The van der Waals surface area contributed by atoms with Crippen molar-refractivity contribution in [1.82, 2.24) is 20.0 Å². The number of alkyl halides is 2. The first-order chi connectivity index (χ1) is 22.2. The number of hydrogen-bond donors (Lipinski definition) is 2. The van der Waals surface area contributed by atoms with E-state index in [1.54, 1.807) is 30.1 Å². The number of aromatic nitrogens is 2. The third kappa shape index (κ3) is 5.22. The Morgan fingerprint density at radius 3 is 2.41 bits per heavy atom. The number of benzene rings is 3. The van der Waals surface area contributed by atoms with Crippen LogP contribution in [0.25, 0.3) is 0 Å². The molecule has 0 unspecified atom stereocenters. The average Bonchev–Trinajstić information content (AvgIpc) is 3.70. The molecule has 1 aromatic heterocycles. The van der Waals surface area contributed by atoms with Crippen LogP contribution in [0.4, 0.5) is 20.2 Å². The number of carbonyl (C=O) groups excluding carboxylic acids is 3. The van der Waals surface area contributed by atoms with Crippen molar-refractivity contribution in [3.63, 3.8) is 0 Å². The zero-order valence-electron chi connectivity index (χ0n) is 24.9. The summed E-state index contributed by atoms with van der Waals surface area (Å²) < 4.78 is 37.3. The van der Waals surface area contributed by atoms with Gasteiger partial charge < -0.3 is 20.3 Å². The number of likely N-dealkylation sites (tertiary alicyclic amines) is 1. The molecule has 1 saturated heterocycles. The molecule has 0 bridgehead atoms. The molecular weight excluding hydrogens is 596 g/mol. The van der Waals surface area contributed by atoms with Crippen molar-refractivity contribution in [2.24, 2.45) is 0 Å². The summed E-state index contributed by atoms with van der Waals surface area (Å²) in [4.78, 5) is 43.5. The van der Waals surface area contributed by atoms with E-state index in [2.05, 4.69) is 15.7 Å². The van der Waals surface area contributed by atoms with Crippen LogP contribution in [-0.4, -0.2) is 72.2 Å². The highest BCUT2D eigenvalue weighted by Crippen LogP contribution is 2.41. The van der Waals surface area contributed by atoms with Gasteiger partial charge in [-0.15, -0.1) is 0 Å². The Balaban J connectivity index is 1.36. The Bertz CT molecular complexity index is 1850. The van der Waals surface area contributed by atoms with Crippen LogP contribution in [-0.2, 0) is 10.7 Å². The number of halogens is 2. The van der Waals surface area contributed by atoms with Gasteiger partial charge in [0.25, 0.3) is 17.7 Å². The lowest BCUT2D eigenvalue weighted by atomic mass is 9.99. The zero-order valence-corrected chi connectivity index (χ0v) is 24.9. The molecule has 4 aromatic rings. The van der Waals surface area contributed by atoms with Gasteiger partial charge in [-0.25, -0.2) is 0 Å². The maximum absolute atomic E-state index is 15.3. The number of nitrogens with zero attached hydrogens (tertiary/aromatic N) is 5. The minimum absolute atomic E-state index is 0.0743. The monoisotopic (exact) mass is 625 g/mol. The summed E-state index contributed by atoms with van der Waals surface area (Å²) >= 11 is 0. The summed E-state index contributed by atoms with van der Waals surface area (Å²) in [5.41, 5.74) is 0.481. The smallest absolute Gasteiger partial charge is 0.298 e. The summed E-state index contributed by atoms with van der Waals surface area (Å²) in [5.74, 6) is -4.23. The topological polar surface area (TPSA) is 133 Å². The first-order valence-corrected chi connectivity index (χ1v) is 14.4. The molecule has 6 rings (SSSR count). The van der Waals surface area contributed by atoms with Crippen molar-refractivity contribution in [2.45, 2.75) is 18.0 Å². The van der Waals surface area contributed by atoms with E-state index in [0.717, 1.165) is 0 Å². The van der Waals surface area contributed by atoms with E-state index < -0.39 is 29.8 Å². The Labute approximate surface area is 263 Å². The first-order valence-electron chi connectivity index (χ1n) is 14.4. The van der Waals surface area contributed by atoms with Crippen LogP contribution in [0.1, 0.15) is 43.6 Å². The predicted molar refractivity (Wildman–Crippen MR) is 164 cm³/mol. The molecule has 3 heterocycles. The molecule has 2 aliphatic heterocycles. The molecule has 0 radical (unpaired) electrons. The Hall–Kier alpha value is -5.61. The Kier molecular flexibility index (Phi) is 7.97. The molecule has 0 saturated carbocycles. The Morgan fingerprint density at radius 2 is 1.74 bits per heavy atom. The lowest BCUT2D eigenvalue weighted by Gasteiger charge is -2.37. The summed E-state index contributed by atoms with van der Waals surface area (Å²) in [6.07, 6.45) is 1.36. The van der Waals surface area contributed by atoms with E-state index in [0.29, 0.717) is 11.4 Å². The van der Waals surface area contributed by atoms with Gasteiger partial charge >= 0.3 is 0 Å². The molecule has 13 heteroatoms. The highest BCUT2D eigenvalue weighted by molar-refractivity contribution is 6.13. The normalized spacial score (nSPS) is 17.2. The van der Waals surface area contributed by atoms with Crippen LogP contribution < -0.4 is 20.3 Å². The molecule has 0 aliphatic carbocycles. The highest BCUT2D eigenvalue weighted by Gasteiger charge is 2.49. The molecule has 0 spiro atoms. The lowest BCUT2D eigenvalue weighted by Crippen LogP contribution is -2.51. The van der Waals surface area contributed by atoms with Crippen LogP contribution in [0.2, 0.25) is 0 Å². The largest absolute Gasteiger partial charge is 0.495 e. The van der Waals surface area contributed by atoms with Crippen molar-refractivity contribution < 1.29 is 27.9 Å². The van der Waals surface area contributed by atoms with Crippen molar-refractivity contribution in [2.75, 3.05) is 44.0 Å². The zero-order chi connectivity index (χ0) is 32.6. The summed E-state index contributed by atoms with van der Waals surface area (Å²) in [6, 6.07) is 18.3. The van der Waals surface area contributed by atoms with E-state index >= 15 is 8.78 Å². The molecule has 3 aromatic carbocycles. The number of fused-ring (bicyclic) bond motifs is 3. The number of ether oxygens (including phenoxy) is 1. The number of likely N-dealkylation sites (N-methyl/N-ethyl adjacent to an activating group) is 1. The molecule has 1 fully saturated rings. The third-order valence-corrected chi connectivity index (χ3v) is 8.28. The van der Waals surface area contributed by atoms with E-state index in [9.17, 15) is 19.6 Å². The lowest BCUT2D eigenvalue weighted by molar-refractivity contribution is -0.129. The number of anilines is 2. The minimum atomic E-state index is -3.26. The summed E-state index contributed by atoms with van der Waals surface area (Å²) in [7, 11) is 3.07. The third-order valence-electron chi connectivity index (χ3n) is 8.28. The maximum atomic E-state index is 15.3. The fourth-order valence-corrected chi connectivity index (χ4v) is 6.00. The van der Waals surface area contributed by atoms with Gasteiger partial charge in [-0.3, -0.25) is 24.0 Å². The second-order valence-corrected chi connectivity index (χ2v) is 11.0. The predicted octanol–water partition coefficient (Wildman–Crippen LogP) is 3.79. The molecule has 46 heavy (non-hydrogen) atoms. The SMILES string of the molecule is CNCC(=O)N1C[C@H]2[C@H](C1)n1ncc(NC(=O)c3ccc(OC)c(C#N)c3)c1C(=O)N2c1ccc(C(F)(F)c2ccccc2)cc1. The van der Waals surface area contributed by atoms with E-state index in [-0.39, 0.29) is 59.2 Å². The fraction of sp³-hybridized carbons (Fsp3) is 0.242. The number of hydrogen-bond acceptors (Lipinski definition) is 7. The van der Waals surface area contributed by atoms with Crippen molar-refractivity contribution >= 4 is 29.1 Å². The molecule has 2 aliphatic rings. The number of nitrogens with one attached hydrogen (secondary N) is 2. The number of carbonyl (C=O) groups is 3. The second-order valence-electron chi connectivity index (χ2n) is 11.0. The molecule has 2 N–H and O–H groups in total. The van der Waals surface area contributed by atoms with Gasteiger partial charge in [0.2, 0.25) is 5.91 Å². The van der Waals surface area contributed by atoms with E-state index in [1.165, 1.54) is 77.5 Å². The van der Waals surface area contributed by atoms with Gasteiger partial charge in [0.15, 0.2) is 5.69 Å². The number of rotatable bonds is 8. The fourth-order valence-electron chi connectivity index (χ4n) is 6.00. The van der Waals surface area contributed by atoms with Gasteiger partial charge in [-0.2, -0.15) is 19.1 Å². The van der Waals surface area contributed by atoms with Crippen LogP contribution in [0.3, 0.4) is 0 Å². The summed E-state index contributed by atoms with van der Waals surface area (Å²) in [5, 5.41) is 19.5. The summed E-state index contributed by atoms with van der Waals surface area (Å²) in [6.45, 7) is 0.532. The van der Waals surface area contributed by atoms with Gasteiger partial charge in [0, 0.05) is 35.5 Å². The minimum Gasteiger partial charge on any atom is -0.495 e. The van der Waals surface area contributed by atoms with Crippen molar-refractivity contribution in [3.05, 3.63) is 107 Å². The van der Waals surface area contributed by atoms with Crippen LogP contribution in [0.15, 0.2) is 79.0 Å². The quantitative estimate of drug-likeness (QED) is 0.305. The highest BCUT2D eigenvalue weighted by atomic mass is 19.3. The molecule has 234 valence electrons. The Morgan fingerprint density at radius 1 is 1.04 bits per heavy atom.